The van der Waals surface area contributed by atoms with Crippen molar-refractivity contribution in [1.29, 1.82) is 0 Å². The molecule has 0 amide bonds. The molecule has 0 bridgehead atoms. The fraction of sp³-hybridized carbons (Fsp3) is 0.125. The molecule has 0 unspecified atom stereocenters. The summed E-state index contributed by atoms with van der Waals surface area (Å²) in [6.07, 6.45) is 0. The van der Waals surface area contributed by atoms with Crippen LogP contribution in [0, 0.1) is 18.8 Å². The fourth-order valence-corrected chi connectivity index (χ4v) is 1.64. The van der Waals surface area contributed by atoms with E-state index in [9.17, 15) is 0 Å². The van der Waals surface area contributed by atoms with Crippen LogP contribution >= 0.6 is 0 Å². The van der Waals surface area contributed by atoms with Crippen LogP contribution in [0.5, 0.6) is 0 Å². The molecule has 84 valence electrons. The van der Waals surface area contributed by atoms with Crippen molar-refractivity contribution in [2.24, 2.45) is 0 Å². The molecule has 0 fully saturated rings. The highest BCUT2D eigenvalue weighted by Crippen LogP contribution is 2.15. The van der Waals surface area contributed by atoms with Crippen molar-refractivity contribution in [3.8, 4) is 11.8 Å². The van der Waals surface area contributed by atoms with Gasteiger partial charge in [-0.05, 0) is 36.8 Å². The third-order valence-electron chi connectivity index (χ3n) is 2.56. The van der Waals surface area contributed by atoms with E-state index >= 15 is 0 Å². The molecular formula is C16H15N. The van der Waals surface area contributed by atoms with Gasteiger partial charge in [0.05, 0.1) is 0 Å². The van der Waals surface area contributed by atoms with Crippen molar-refractivity contribution in [1.82, 2.24) is 0 Å². The summed E-state index contributed by atoms with van der Waals surface area (Å²) in [5.41, 5.74) is 4.37. The van der Waals surface area contributed by atoms with Gasteiger partial charge in [0.25, 0.3) is 0 Å². The minimum absolute atomic E-state index is 1.04. The van der Waals surface area contributed by atoms with Gasteiger partial charge in [0.2, 0.25) is 0 Å². The zero-order chi connectivity index (χ0) is 12.1. The molecule has 0 radical (unpaired) electrons. The lowest BCUT2D eigenvalue weighted by atomic mass is 10.1. The first kappa shape index (κ1) is 11.3. The highest BCUT2D eigenvalue weighted by Gasteiger charge is 1.97. The molecule has 2 aromatic rings. The van der Waals surface area contributed by atoms with Gasteiger partial charge >= 0.3 is 0 Å². The maximum Gasteiger partial charge on any atom is 0.0497 e. The van der Waals surface area contributed by atoms with Gasteiger partial charge in [-0.3, -0.25) is 0 Å². The van der Waals surface area contributed by atoms with Gasteiger partial charge in [-0.2, -0.15) is 0 Å². The Morgan fingerprint density at radius 3 is 2.41 bits per heavy atom. The Kier molecular flexibility index (Phi) is 3.47. The number of anilines is 1. The van der Waals surface area contributed by atoms with Gasteiger partial charge in [0, 0.05) is 23.9 Å². The molecule has 2 aromatic carbocycles. The Hall–Kier alpha value is -2.20. The molecule has 17 heavy (non-hydrogen) atoms. The van der Waals surface area contributed by atoms with E-state index in [4.69, 9.17) is 0 Å². The smallest absolute Gasteiger partial charge is 0.0497 e. The fourth-order valence-electron chi connectivity index (χ4n) is 1.64. The zero-order valence-electron chi connectivity index (χ0n) is 10.1. The van der Waals surface area contributed by atoms with Gasteiger partial charge in [-0.25, -0.2) is 0 Å². The lowest BCUT2D eigenvalue weighted by molar-refractivity contribution is 1.42. The Bertz CT molecular complexity index is 559. The third kappa shape index (κ3) is 2.89. The second kappa shape index (κ2) is 5.23. The van der Waals surface area contributed by atoms with E-state index in [0.29, 0.717) is 0 Å². The standard InChI is InChI=1S/C16H15N/c1-13-8-11-16(17-2)15(12-13)10-9-14-6-4-3-5-7-14/h3-8,11-12,17H,1-2H3. The van der Waals surface area contributed by atoms with Crippen LogP contribution in [0.1, 0.15) is 16.7 Å². The van der Waals surface area contributed by atoms with Crippen LogP contribution in [0.25, 0.3) is 0 Å². The average molecular weight is 221 g/mol. The number of hydrogen-bond donors (Lipinski definition) is 1. The van der Waals surface area contributed by atoms with Gasteiger partial charge < -0.3 is 5.32 Å². The van der Waals surface area contributed by atoms with Gasteiger partial charge in [0.1, 0.15) is 0 Å². The van der Waals surface area contributed by atoms with Crippen molar-refractivity contribution in [3.05, 3.63) is 65.2 Å². The zero-order valence-corrected chi connectivity index (χ0v) is 10.1. The first-order valence-corrected chi connectivity index (χ1v) is 5.65. The molecule has 1 heteroatoms. The third-order valence-corrected chi connectivity index (χ3v) is 2.56. The molecule has 0 aliphatic carbocycles. The molecule has 0 atom stereocenters. The topological polar surface area (TPSA) is 12.0 Å². The minimum Gasteiger partial charge on any atom is -0.387 e. The number of aryl methyl sites for hydroxylation is 1. The first-order valence-electron chi connectivity index (χ1n) is 5.65. The SMILES string of the molecule is CNc1ccc(C)cc1C#Cc1ccccc1. The van der Waals surface area contributed by atoms with Crippen molar-refractivity contribution >= 4 is 5.69 Å². The van der Waals surface area contributed by atoms with Crippen LogP contribution < -0.4 is 5.32 Å². The highest BCUT2D eigenvalue weighted by atomic mass is 14.8. The van der Waals surface area contributed by atoms with E-state index < -0.39 is 0 Å². The molecule has 0 saturated carbocycles. The Morgan fingerprint density at radius 1 is 0.941 bits per heavy atom. The van der Waals surface area contributed by atoms with E-state index in [2.05, 4.69) is 42.3 Å². The molecule has 0 saturated heterocycles. The van der Waals surface area contributed by atoms with Crippen molar-refractivity contribution in [2.75, 3.05) is 12.4 Å². The molecule has 0 aliphatic heterocycles. The molecule has 0 aliphatic rings. The molecular weight excluding hydrogens is 206 g/mol. The van der Waals surface area contributed by atoms with E-state index in [1.54, 1.807) is 0 Å². The molecule has 1 N–H and O–H groups in total. The summed E-state index contributed by atoms with van der Waals surface area (Å²) >= 11 is 0. The minimum atomic E-state index is 1.04. The number of benzene rings is 2. The van der Waals surface area contributed by atoms with Gasteiger partial charge in [-0.1, -0.05) is 36.1 Å². The predicted octanol–water partition coefficient (Wildman–Crippen LogP) is 3.44. The van der Waals surface area contributed by atoms with Crippen molar-refractivity contribution in [2.45, 2.75) is 6.92 Å². The molecule has 0 spiro atoms. The van der Waals surface area contributed by atoms with Crippen LogP contribution in [0.2, 0.25) is 0 Å². The lowest BCUT2D eigenvalue weighted by Gasteiger charge is -2.04. The van der Waals surface area contributed by atoms with Gasteiger partial charge in [-0.15, -0.1) is 0 Å². The second-order valence-corrected chi connectivity index (χ2v) is 3.92. The normalized spacial score (nSPS) is 9.29. The summed E-state index contributed by atoms with van der Waals surface area (Å²) in [4.78, 5) is 0. The molecule has 0 aromatic heterocycles. The summed E-state index contributed by atoms with van der Waals surface area (Å²) in [6, 6.07) is 16.3. The Labute approximate surface area is 102 Å². The van der Waals surface area contributed by atoms with Crippen LogP contribution in [-0.4, -0.2) is 7.05 Å². The highest BCUT2D eigenvalue weighted by molar-refractivity contribution is 5.61. The summed E-state index contributed by atoms with van der Waals surface area (Å²) in [5, 5.41) is 3.16. The first-order chi connectivity index (χ1) is 8.29. The number of rotatable bonds is 1. The maximum absolute atomic E-state index is 3.21. The summed E-state index contributed by atoms with van der Waals surface area (Å²) in [5.74, 6) is 6.38. The summed E-state index contributed by atoms with van der Waals surface area (Å²) < 4.78 is 0. The monoisotopic (exact) mass is 221 g/mol. The van der Waals surface area contributed by atoms with Crippen LogP contribution in [0.3, 0.4) is 0 Å². The van der Waals surface area contributed by atoms with Crippen LogP contribution in [-0.2, 0) is 0 Å². The number of nitrogens with one attached hydrogen (secondary N) is 1. The van der Waals surface area contributed by atoms with Crippen molar-refractivity contribution < 1.29 is 0 Å². The van der Waals surface area contributed by atoms with E-state index in [1.165, 1.54) is 5.56 Å². The van der Waals surface area contributed by atoms with Crippen LogP contribution in [0.15, 0.2) is 48.5 Å². The summed E-state index contributed by atoms with van der Waals surface area (Å²) in [7, 11) is 1.92. The van der Waals surface area contributed by atoms with Crippen LogP contribution in [0.4, 0.5) is 5.69 Å². The molecule has 0 heterocycles. The van der Waals surface area contributed by atoms with E-state index in [1.807, 2.05) is 37.4 Å². The largest absolute Gasteiger partial charge is 0.387 e. The maximum atomic E-state index is 3.21. The summed E-state index contributed by atoms with van der Waals surface area (Å²) in [6.45, 7) is 2.08. The average Bonchev–Trinajstić information content (AvgIpc) is 2.38. The van der Waals surface area contributed by atoms with Crippen molar-refractivity contribution in [3.63, 3.8) is 0 Å². The quantitative estimate of drug-likeness (QED) is 0.727. The Morgan fingerprint density at radius 2 is 1.71 bits per heavy atom. The molecule has 2 rings (SSSR count). The predicted molar refractivity (Wildman–Crippen MR) is 73.1 cm³/mol. The molecule has 1 nitrogen and oxygen atoms in total. The Balaban J connectivity index is 2.36. The number of hydrogen-bond acceptors (Lipinski definition) is 1. The van der Waals surface area contributed by atoms with E-state index in [0.717, 1.165) is 16.8 Å². The lowest BCUT2D eigenvalue weighted by Crippen LogP contribution is -1.92. The second-order valence-electron chi connectivity index (χ2n) is 3.92. The van der Waals surface area contributed by atoms with Gasteiger partial charge in [0.15, 0.2) is 0 Å². The van der Waals surface area contributed by atoms with E-state index in [-0.39, 0.29) is 0 Å².